The summed E-state index contributed by atoms with van der Waals surface area (Å²) in [5.41, 5.74) is 0.358. The number of likely N-dealkylation sites (tertiary alicyclic amines) is 1. The minimum Gasteiger partial charge on any atom is -0.339 e. The highest BCUT2D eigenvalue weighted by Crippen LogP contribution is 2.25. The fraction of sp³-hybridized carbons (Fsp3) is 0.500. The smallest absolute Gasteiger partial charge is 0.253 e. The molecule has 2 N–H and O–H groups in total. The molecule has 7 heteroatoms. The summed E-state index contributed by atoms with van der Waals surface area (Å²) in [6.45, 7) is 3.60. The van der Waals surface area contributed by atoms with Crippen LogP contribution in [0.3, 0.4) is 0 Å². The molecule has 1 aromatic rings. The van der Waals surface area contributed by atoms with Crippen molar-refractivity contribution in [2.24, 2.45) is 11.1 Å². The van der Waals surface area contributed by atoms with Crippen LogP contribution in [0.4, 0.5) is 0 Å². The van der Waals surface area contributed by atoms with Crippen LogP contribution in [0.15, 0.2) is 27.6 Å². The Hall–Kier alpha value is -0.920. The van der Waals surface area contributed by atoms with Crippen LogP contribution < -0.4 is 5.14 Å². The van der Waals surface area contributed by atoms with Crippen molar-refractivity contribution in [1.82, 2.24) is 4.90 Å². The van der Waals surface area contributed by atoms with Gasteiger partial charge in [0.25, 0.3) is 5.91 Å². The van der Waals surface area contributed by atoms with E-state index in [2.05, 4.69) is 22.9 Å². The number of rotatable bonds is 3. The fourth-order valence-corrected chi connectivity index (χ4v) is 4.14. The quantitative estimate of drug-likeness (QED) is 0.881. The first-order chi connectivity index (χ1) is 9.82. The molecule has 1 heterocycles. The SMILES string of the molecule is CCC1CCN(C(=O)c2ccc(Br)c(S(N)(=O)=O)c2)CC1. The lowest BCUT2D eigenvalue weighted by molar-refractivity contribution is 0.0688. The second kappa shape index (κ2) is 6.46. The van der Waals surface area contributed by atoms with Gasteiger partial charge in [-0.15, -0.1) is 0 Å². The van der Waals surface area contributed by atoms with E-state index in [0.29, 0.717) is 16.0 Å². The number of hydrogen-bond donors (Lipinski definition) is 1. The van der Waals surface area contributed by atoms with Gasteiger partial charge in [-0.3, -0.25) is 4.79 Å². The third-order valence-corrected chi connectivity index (χ3v) is 5.87. The molecule has 0 bridgehead atoms. The molecule has 5 nitrogen and oxygen atoms in total. The zero-order chi connectivity index (χ0) is 15.6. The maximum Gasteiger partial charge on any atom is 0.253 e. The predicted molar refractivity (Wildman–Crippen MR) is 84.4 cm³/mol. The molecule has 1 aliphatic rings. The largest absolute Gasteiger partial charge is 0.339 e. The van der Waals surface area contributed by atoms with Gasteiger partial charge in [-0.2, -0.15) is 0 Å². The summed E-state index contributed by atoms with van der Waals surface area (Å²) in [5, 5.41) is 5.16. The van der Waals surface area contributed by atoms with Crippen LogP contribution in [0, 0.1) is 5.92 Å². The molecule has 0 unspecified atom stereocenters. The van der Waals surface area contributed by atoms with Crippen LogP contribution in [-0.2, 0) is 10.0 Å². The number of carbonyl (C=O) groups excluding carboxylic acids is 1. The van der Waals surface area contributed by atoms with Crippen LogP contribution in [0.5, 0.6) is 0 Å². The molecule has 1 saturated heterocycles. The van der Waals surface area contributed by atoms with E-state index in [1.54, 1.807) is 17.0 Å². The Bertz CT molecular complexity index is 638. The lowest BCUT2D eigenvalue weighted by Gasteiger charge is -2.31. The first-order valence-electron chi connectivity index (χ1n) is 6.94. The zero-order valence-corrected chi connectivity index (χ0v) is 14.3. The summed E-state index contributed by atoms with van der Waals surface area (Å²) in [4.78, 5) is 14.2. The summed E-state index contributed by atoms with van der Waals surface area (Å²) >= 11 is 3.14. The van der Waals surface area contributed by atoms with Crippen molar-refractivity contribution in [3.63, 3.8) is 0 Å². The number of halogens is 1. The molecule has 116 valence electrons. The number of benzene rings is 1. The Morgan fingerprint density at radius 3 is 2.52 bits per heavy atom. The van der Waals surface area contributed by atoms with E-state index in [-0.39, 0.29) is 10.8 Å². The fourth-order valence-electron chi connectivity index (χ4n) is 2.58. The Labute approximate surface area is 133 Å². The van der Waals surface area contributed by atoms with Gasteiger partial charge < -0.3 is 4.90 Å². The normalized spacial score (nSPS) is 17.0. The zero-order valence-electron chi connectivity index (χ0n) is 11.9. The van der Waals surface area contributed by atoms with E-state index in [0.717, 1.165) is 32.4 Å². The average molecular weight is 375 g/mol. The van der Waals surface area contributed by atoms with Crippen LogP contribution in [0.1, 0.15) is 36.5 Å². The summed E-state index contributed by atoms with van der Waals surface area (Å²) in [7, 11) is -3.85. The molecule has 2 rings (SSSR count). The second-order valence-electron chi connectivity index (χ2n) is 5.33. The average Bonchev–Trinajstić information content (AvgIpc) is 2.46. The minimum atomic E-state index is -3.85. The second-order valence-corrected chi connectivity index (χ2v) is 7.72. The molecule has 0 saturated carbocycles. The maximum atomic E-state index is 12.5. The van der Waals surface area contributed by atoms with E-state index in [4.69, 9.17) is 5.14 Å². The monoisotopic (exact) mass is 374 g/mol. The minimum absolute atomic E-state index is 0.0585. The number of sulfonamides is 1. The van der Waals surface area contributed by atoms with Crippen LogP contribution >= 0.6 is 15.9 Å². The van der Waals surface area contributed by atoms with Gasteiger partial charge in [0.1, 0.15) is 0 Å². The summed E-state index contributed by atoms with van der Waals surface area (Å²) in [5.74, 6) is 0.543. The van der Waals surface area contributed by atoms with Gasteiger partial charge >= 0.3 is 0 Å². The highest BCUT2D eigenvalue weighted by Gasteiger charge is 2.24. The molecule has 0 aliphatic carbocycles. The molecule has 21 heavy (non-hydrogen) atoms. The molecule has 1 fully saturated rings. The van der Waals surface area contributed by atoms with E-state index < -0.39 is 10.0 Å². The van der Waals surface area contributed by atoms with E-state index in [1.807, 2.05) is 0 Å². The Balaban J connectivity index is 2.21. The van der Waals surface area contributed by atoms with Crippen LogP contribution in [0.2, 0.25) is 0 Å². The molecular weight excluding hydrogens is 356 g/mol. The highest BCUT2D eigenvalue weighted by molar-refractivity contribution is 9.10. The van der Waals surface area contributed by atoms with Crippen molar-refractivity contribution in [3.05, 3.63) is 28.2 Å². The molecule has 1 amide bonds. The number of nitrogens with zero attached hydrogens (tertiary/aromatic N) is 1. The number of carbonyl (C=O) groups is 1. The first-order valence-corrected chi connectivity index (χ1v) is 9.28. The molecule has 1 aromatic carbocycles. The first kappa shape index (κ1) is 16.5. The highest BCUT2D eigenvalue weighted by atomic mass is 79.9. The van der Waals surface area contributed by atoms with Crippen molar-refractivity contribution in [2.45, 2.75) is 31.1 Å². The van der Waals surface area contributed by atoms with Crippen molar-refractivity contribution in [3.8, 4) is 0 Å². The molecule has 0 aromatic heterocycles. The number of nitrogens with two attached hydrogens (primary N) is 1. The van der Waals surface area contributed by atoms with Gasteiger partial charge in [0.15, 0.2) is 0 Å². The molecule has 0 spiro atoms. The van der Waals surface area contributed by atoms with Gasteiger partial charge in [0, 0.05) is 23.1 Å². The van der Waals surface area contributed by atoms with Crippen molar-refractivity contribution < 1.29 is 13.2 Å². The number of hydrogen-bond acceptors (Lipinski definition) is 3. The Morgan fingerprint density at radius 1 is 1.38 bits per heavy atom. The van der Waals surface area contributed by atoms with Gasteiger partial charge in [0.2, 0.25) is 10.0 Å². The lowest BCUT2D eigenvalue weighted by Crippen LogP contribution is -2.38. The Kier molecular flexibility index (Phi) is 5.06. The van der Waals surface area contributed by atoms with Crippen LogP contribution in [0.25, 0.3) is 0 Å². The number of amides is 1. The molecule has 1 aliphatic heterocycles. The van der Waals surface area contributed by atoms with Crippen molar-refractivity contribution in [1.29, 1.82) is 0 Å². The molecular formula is C14H19BrN2O3S. The third-order valence-electron chi connectivity index (χ3n) is 3.96. The van der Waals surface area contributed by atoms with Crippen LogP contribution in [-0.4, -0.2) is 32.3 Å². The van der Waals surface area contributed by atoms with Gasteiger partial charge in [-0.05, 0) is 52.9 Å². The number of primary sulfonamides is 1. The number of piperidine rings is 1. The van der Waals surface area contributed by atoms with E-state index in [9.17, 15) is 13.2 Å². The van der Waals surface area contributed by atoms with Crippen molar-refractivity contribution in [2.75, 3.05) is 13.1 Å². The summed E-state index contributed by atoms with van der Waals surface area (Å²) in [6, 6.07) is 4.51. The van der Waals surface area contributed by atoms with Crippen molar-refractivity contribution >= 4 is 31.9 Å². The van der Waals surface area contributed by atoms with E-state index >= 15 is 0 Å². The topological polar surface area (TPSA) is 80.5 Å². The standard InChI is InChI=1S/C14H19BrN2O3S/c1-2-10-5-7-17(8-6-10)14(18)11-3-4-12(15)13(9-11)21(16,19)20/h3-4,9-10H,2,5-8H2,1H3,(H2,16,19,20). The lowest BCUT2D eigenvalue weighted by atomic mass is 9.94. The Morgan fingerprint density at radius 2 is 2.00 bits per heavy atom. The van der Waals surface area contributed by atoms with Gasteiger partial charge in [-0.25, -0.2) is 13.6 Å². The summed E-state index contributed by atoms with van der Waals surface area (Å²) < 4.78 is 23.4. The summed E-state index contributed by atoms with van der Waals surface area (Å²) in [6.07, 6.45) is 3.14. The maximum absolute atomic E-state index is 12.5. The molecule has 0 atom stereocenters. The van der Waals surface area contributed by atoms with E-state index in [1.165, 1.54) is 6.07 Å². The van der Waals surface area contributed by atoms with Gasteiger partial charge in [0.05, 0.1) is 4.90 Å². The predicted octanol–water partition coefficient (Wildman–Crippen LogP) is 2.36. The third kappa shape index (κ3) is 3.84. The molecule has 0 radical (unpaired) electrons. The van der Waals surface area contributed by atoms with Gasteiger partial charge in [-0.1, -0.05) is 13.3 Å².